The van der Waals surface area contributed by atoms with Gasteiger partial charge in [-0.3, -0.25) is 0 Å². The van der Waals surface area contributed by atoms with Crippen LogP contribution in [0.4, 0.5) is 0 Å². The summed E-state index contributed by atoms with van der Waals surface area (Å²) < 4.78 is 6.27. The number of nitrogens with zero attached hydrogens (tertiary/aromatic N) is 2. The van der Waals surface area contributed by atoms with Gasteiger partial charge in [0, 0.05) is 17.8 Å². The second-order valence-corrected chi connectivity index (χ2v) is 16.2. The molecule has 0 fully saturated rings. The standard InChI is InChI=1S/C11H22N2OSSi2/c1-10-7-12-11(13-8-10)15-9-17(5,6)14-16(2,3)4/h7-8H,9H2,1-6H3. The Labute approximate surface area is 111 Å². The Morgan fingerprint density at radius 1 is 1.12 bits per heavy atom. The number of aryl methyl sites for hydroxylation is 1. The molecule has 0 bridgehead atoms. The molecule has 1 aromatic heterocycles. The normalized spacial score (nSPS) is 12.8. The maximum Gasteiger partial charge on any atom is 0.187 e. The third-order valence-corrected chi connectivity index (χ3v) is 10.4. The largest absolute Gasteiger partial charge is 0.455 e. The predicted molar refractivity (Wildman–Crippen MR) is 79.4 cm³/mol. The molecule has 6 heteroatoms. The van der Waals surface area contributed by atoms with Gasteiger partial charge in [0.1, 0.15) is 0 Å². The Morgan fingerprint density at radius 2 is 1.65 bits per heavy atom. The first-order chi connectivity index (χ1) is 7.68. The van der Waals surface area contributed by atoms with Crippen LogP contribution in [0.3, 0.4) is 0 Å². The highest BCUT2D eigenvalue weighted by molar-refractivity contribution is 8.00. The molecule has 0 aliphatic carbocycles. The van der Waals surface area contributed by atoms with Crippen molar-refractivity contribution in [2.45, 2.75) is 44.8 Å². The Kier molecular flexibility index (Phi) is 4.94. The second-order valence-electron chi connectivity index (χ2n) is 5.81. The molecule has 0 saturated carbocycles. The van der Waals surface area contributed by atoms with Gasteiger partial charge in [-0.2, -0.15) is 0 Å². The molecule has 0 aliphatic rings. The van der Waals surface area contributed by atoms with Crippen LogP contribution in [-0.2, 0) is 4.12 Å². The summed E-state index contributed by atoms with van der Waals surface area (Å²) in [6.07, 6.45) is 3.73. The molecule has 1 aromatic rings. The maximum atomic E-state index is 6.27. The first-order valence-electron chi connectivity index (χ1n) is 5.80. The van der Waals surface area contributed by atoms with E-state index in [9.17, 15) is 0 Å². The van der Waals surface area contributed by atoms with Crippen molar-refractivity contribution in [2.75, 3.05) is 5.38 Å². The highest BCUT2D eigenvalue weighted by Crippen LogP contribution is 2.22. The van der Waals surface area contributed by atoms with Crippen molar-refractivity contribution in [2.24, 2.45) is 0 Å². The summed E-state index contributed by atoms with van der Waals surface area (Å²) in [6.45, 7) is 13.3. The zero-order valence-electron chi connectivity index (χ0n) is 11.6. The second kappa shape index (κ2) is 5.64. The quantitative estimate of drug-likeness (QED) is 0.471. The lowest BCUT2D eigenvalue weighted by molar-refractivity contribution is 0.558. The third kappa shape index (κ3) is 6.35. The fourth-order valence-corrected chi connectivity index (χ4v) is 11.1. The highest BCUT2D eigenvalue weighted by atomic mass is 32.2. The summed E-state index contributed by atoms with van der Waals surface area (Å²) in [4.78, 5) is 8.62. The molecule has 0 N–H and O–H groups in total. The van der Waals surface area contributed by atoms with Gasteiger partial charge >= 0.3 is 0 Å². The molecule has 0 saturated heterocycles. The van der Waals surface area contributed by atoms with Crippen molar-refractivity contribution in [3.8, 4) is 0 Å². The van der Waals surface area contributed by atoms with E-state index in [0.29, 0.717) is 0 Å². The summed E-state index contributed by atoms with van der Waals surface area (Å²) in [7, 11) is -3.02. The van der Waals surface area contributed by atoms with Crippen molar-refractivity contribution < 1.29 is 4.12 Å². The lowest BCUT2D eigenvalue weighted by atomic mass is 10.4. The van der Waals surface area contributed by atoms with Gasteiger partial charge < -0.3 is 4.12 Å². The predicted octanol–water partition coefficient (Wildman–Crippen LogP) is 3.47. The number of aromatic nitrogens is 2. The maximum absolute atomic E-state index is 6.27. The number of rotatable bonds is 5. The van der Waals surface area contributed by atoms with Crippen LogP contribution in [0.5, 0.6) is 0 Å². The molecule has 1 heterocycles. The van der Waals surface area contributed by atoms with Gasteiger partial charge in [-0.05, 0) is 45.2 Å². The van der Waals surface area contributed by atoms with Crippen LogP contribution < -0.4 is 0 Å². The molecule has 1 rings (SSSR count). The third-order valence-electron chi connectivity index (χ3n) is 1.89. The number of hydrogen-bond donors (Lipinski definition) is 0. The summed E-state index contributed by atoms with van der Waals surface area (Å²) in [6, 6.07) is 0. The Bertz CT molecular complexity index is 363. The molecule has 0 aliphatic heterocycles. The lowest BCUT2D eigenvalue weighted by Crippen LogP contribution is -2.44. The van der Waals surface area contributed by atoms with E-state index >= 15 is 0 Å². The molecule has 0 spiro atoms. The Morgan fingerprint density at radius 3 is 2.12 bits per heavy atom. The molecule has 0 aromatic carbocycles. The van der Waals surface area contributed by atoms with Gasteiger partial charge in [0.25, 0.3) is 0 Å². The van der Waals surface area contributed by atoms with E-state index in [1.54, 1.807) is 11.8 Å². The molecule has 17 heavy (non-hydrogen) atoms. The van der Waals surface area contributed by atoms with E-state index in [1.807, 2.05) is 19.3 Å². The van der Waals surface area contributed by atoms with Gasteiger partial charge in [0.15, 0.2) is 21.8 Å². The van der Waals surface area contributed by atoms with E-state index in [4.69, 9.17) is 4.12 Å². The van der Waals surface area contributed by atoms with Crippen LogP contribution in [0.25, 0.3) is 0 Å². The first-order valence-corrected chi connectivity index (χ1v) is 13.3. The number of thioether (sulfide) groups is 1. The first kappa shape index (κ1) is 14.9. The van der Waals surface area contributed by atoms with Crippen LogP contribution in [0.2, 0.25) is 32.7 Å². The molecule has 3 nitrogen and oxygen atoms in total. The summed E-state index contributed by atoms with van der Waals surface area (Å²) in [5.41, 5.74) is 1.10. The SMILES string of the molecule is Cc1cnc(SC[Si](C)(C)O[Si](C)(C)C)nc1. The van der Waals surface area contributed by atoms with E-state index in [1.165, 1.54) is 0 Å². The lowest BCUT2D eigenvalue weighted by Gasteiger charge is -2.30. The van der Waals surface area contributed by atoms with Crippen LogP contribution in [0.1, 0.15) is 5.56 Å². The van der Waals surface area contributed by atoms with E-state index < -0.39 is 16.6 Å². The minimum Gasteiger partial charge on any atom is -0.455 e. The highest BCUT2D eigenvalue weighted by Gasteiger charge is 2.29. The fourth-order valence-electron chi connectivity index (χ4n) is 1.55. The molecule has 0 radical (unpaired) electrons. The van der Waals surface area contributed by atoms with Gasteiger partial charge in [-0.15, -0.1) is 0 Å². The summed E-state index contributed by atoms with van der Waals surface area (Å²) >= 11 is 1.71. The minimum absolute atomic E-state index is 0.857. The average molecular weight is 287 g/mol. The van der Waals surface area contributed by atoms with Crippen molar-refractivity contribution in [1.82, 2.24) is 9.97 Å². The van der Waals surface area contributed by atoms with Crippen molar-refractivity contribution in [3.05, 3.63) is 18.0 Å². The van der Waals surface area contributed by atoms with E-state index in [0.717, 1.165) is 16.1 Å². The Balaban J connectivity index is 2.52. The van der Waals surface area contributed by atoms with Crippen molar-refractivity contribution in [1.29, 1.82) is 0 Å². The zero-order chi connectivity index (χ0) is 13.1. The summed E-state index contributed by atoms with van der Waals surface area (Å²) in [5.74, 6) is 0. The van der Waals surface area contributed by atoms with Crippen LogP contribution >= 0.6 is 11.8 Å². The van der Waals surface area contributed by atoms with Crippen LogP contribution in [0.15, 0.2) is 17.6 Å². The van der Waals surface area contributed by atoms with Gasteiger partial charge in [0.2, 0.25) is 0 Å². The molecule has 0 atom stereocenters. The monoisotopic (exact) mass is 286 g/mol. The van der Waals surface area contributed by atoms with E-state index in [2.05, 4.69) is 42.7 Å². The molecular weight excluding hydrogens is 264 g/mol. The van der Waals surface area contributed by atoms with E-state index in [-0.39, 0.29) is 0 Å². The molecule has 0 unspecified atom stereocenters. The molecular formula is C11H22N2OSSi2. The summed E-state index contributed by atoms with van der Waals surface area (Å²) in [5, 5.41) is 1.87. The topological polar surface area (TPSA) is 35.0 Å². The zero-order valence-corrected chi connectivity index (χ0v) is 14.4. The smallest absolute Gasteiger partial charge is 0.187 e. The van der Waals surface area contributed by atoms with Crippen LogP contribution in [0, 0.1) is 6.92 Å². The Hall–Kier alpha value is -0.176. The molecule has 96 valence electrons. The van der Waals surface area contributed by atoms with Crippen molar-refractivity contribution >= 4 is 28.4 Å². The number of hydrogen-bond acceptors (Lipinski definition) is 4. The molecule has 0 amide bonds. The minimum atomic E-state index is -1.59. The van der Waals surface area contributed by atoms with Gasteiger partial charge in [-0.25, -0.2) is 9.97 Å². The van der Waals surface area contributed by atoms with Gasteiger partial charge in [0.05, 0.1) is 0 Å². The fraction of sp³-hybridized carbons (Fsp3) is 0.636. The average Bonchev–Trinajstić information content (AvgIpc) is 2.13. The van der Waals surface area contributed by atoms with Gasteiger partial charge in [-0.1, -0.05) is 11.8 Å². The van der Waals surface area contributed by atoms with Crippen LogP contribution in [-0.4, -0.2) is 32.0 Å². The van der Waals surface area contributed by atoms with Crippen molar-refractivity contribution in [3.63, 3.8) is 0 Å².